The van der Waals surface area contributed by atoms with Crippen molar-refractivity contribution >= 4 is 17.6 Å². The Hall–Kier alpha value is -1.01. The Labute approximate surface area is 114 Å². The van der Waals surface area contributed by atoms with Crippen LogP contribution in [0.3, 0.4) is 0 Å². The highest BCUT2D eigenvalue weighted by Gasteiger charge is 2.30. The van der Waals surface area contributed by atoms with Crippen LogP contribution in [0.5, 0.6) is 0 Å². The standard InChI is InChI=1S/C13H16F3NOS/c1-12(2,3)19(18)17-8-7-10-5-4-6-11(9-10)13(14,15)16/h4-6,8-9H,7H2,1-3H3/b17-8+. The second kappa shape index (κ2) is 5.96. The summed E-state index contributed by atoms with van der Waals surface area (Å²) in [4.78, 5) is 0. The van der Waals surface area contributed by atoms with Crippen LogP contribution in [-0.2, 0) is 24.0 Å². The average molecular weight is 291 g/mol. The molecule has 0 spiro atoms. The van der Waals surface area contributed by atoms with Gasteiger partial charge < -0.3 is 4.55 Å². The Morgan fingerprint density at radius 3 is 2.42 bits per heavy atom. The maximum atomic E-state index is 12.5. The van der Waals surface area contributed by atoms with Gasteiger partial charge in [-0.1, -0.05) is 22.6 Å². The van der Waals surface area contributed by atoms with Crippen LogP contribution in [0, 0.1) is 0 Å². The average Bonchev–Trinajstić information content (AvgIpc) is 2.27. The van der Waals surface area contributed by atoms with Gasteiger partial charge in [-0.3, -0.25) is 0 Å². The molecule has 1 rings (SSSR count). The minimum atomic E-state index is -4.35. The SMILES string of the molecule is CC(C)(C)[S+]([O-])/N=C/Cc1cccc(C(F)(F)F)c1. The molecule has 106 valence electrons. The molecule has 0 aliphatic heterocycles. The van der Waals surface area contributed by atoms with E-state index in [2.05, 4.69) is 4.40 Å². The van der Waals surface area contributed by atoms with Gasteiger partial charge in [-0.05, 0) is 32.4 Å². The number of halogens is 3. The minimum Gasteiger partial charge on any atom is -0.591 e. The van der Waals surface area contributed by atoms with Gasteiger partial charge in [0.05, 0.1) is 11.8 Å². The van der Waals surface area contributed by atoms with Gasteiger partial charge in [0.2, 0.25) is 0 Å². The maximum Gasteiger partial charge on any atom is 0.416 e. The van der Waals surface area contributed by atoms with Crippen molar-refractivity contribution in [2.24, 2.45) is 4.40 Å². The predicted octanol–water partition coefficient (Wildman–Crippen LogP) is 3.78. The Bertz CT molecular complexity index is 452. The van der Waals surface area contributed by atoms with Crippen LogP contribution in [0.2, 0.25) is 0 Å². The number of alkyl halides is 3. The third-order valence-electron chi connectivity index (χ3n) is 2.28. The van der Waals surface area contributed by atoms with E-state index in [-0.39, 0.29) is 6.42 Å². The zero-order valence-corrected chi connectivity index (χ0v) is 11.8. The summed E-state index contributed by atoms with van der Waals surface area (Å²) in [5.74, 6) is 0. The Balaban J connectivity index is 2.72. The lowest BCUT2D eigenvalue weighted by molar-refractivity contribution is -0.137. The van der Waals surface area contributed by atoms with Crippen molar-refractivity contribution in [2.45, 2.75) is 38.1 Å². The number of nitrogens with zero attached hydrogens (tertiary/aromatic N) is 1. The van der Waals surface area contributed by atoms with E-state index in [1.807, 2.05) is 0 Å². The van der Waals surface area contributed by atoms with E-state index < -0.39 is 27.8 Å². The zero-order valence-electron chi connectivity index (χ0n) is 11.0. The molecule has 19 heavy (non-hydrogen) atoms. The first-order valence-corrected chi connectivity index (χ1v) is 6.82. The highest BCUT2D eigenvalue weighted by molar-refractivity contribution is 7.91. The quantitative estimate of drug-likeness (QED) is 0.616. The second-order valence-corrected chi connectivity index (χ2v) is 6.99. The number of rotatable bonds is 3. The van der Waals surface area contributed by atoms with Crippen molar-refractivity contribution in [1.29, 1.82) is 0 Å². The molecule has 0 amide bonds. The molecule has 2 nitrogen and oxygen atoms in total. The van der Waals surface area contributed by atoms with Crippen molar-refractivity contribution in [2.75, 3.05) is 0 Å². The molecule has 0 radical (unpaired) electrons. The largest absolute Gasteiger partial charge is 0.591 e. The molecule has 1 unspecified atom stereocenters. The highest BCUT2D eigenvalue weighted by atomic mass is 32.2. The molecule has 0 aromatic heterocycles. The summed E-state index contributed by atoms with van der Waals surface area (Å²) in [6.07, 6.45) is -2.72. The summed E-state index contributed by atoms with van der Waals surface area (Å²) in [7, 11) is 0. The summed E-state index contributed by atoms with van der Waals surface area (Å²) in [6, 6.07) is 5.04. The molecule has 0 N–H and O–H groups in total. The second-order valence-electron chi connectivity index (χ2n) is 5.05. The molecular formula is C13H16F3NOS. The highest BCUT2D eigenvalue weighted by Crippen LogP contribution is 2.29. The van der Waals surface area contributed by atoms with Gasteiger partial charge in [-0.15, -0.1) is 0 Å². The summed E-state index contributed by atoms with van der Waals surface area (Å²) in [5.41, 5.74) is -0.195. The van der Waals surface area contributed by atoms with E-state index in [1.165, 1.54) is 12.3 Å². The van der Waals surface area contributed by atoms with Gasteiger partial charge in [0.25, 0.3) is 0 Å². The van der Waals surface area contributed by atoms with Gasteiger partial charge in [0.15, 0.2) is 0 Å². The molecule has 0 bridgehead atoms. The smallest absolute Gasteiger partial charge is 0.416 e. The number of hydrogen-bond acceptors (Lipinski definition) is 2. The first-order valence-electron chi connectivity index (χ1n) is 5.71. The minimum absolute atomic E-state index is 0.228. The van der Waals surface area contributed by atoms with Crippen molar-refractivity contribution in [3.63, 3.8) is 0 Å². The zero-order chi connectivity index (χ0) is 14.7. The van der Waals surface area contributed by atoms with Crippen LogP contribution in [0.15, 0.2) is 28.7 Å². The molecule has 0 aliphatic carbocycles. The molecule has 0 fully saturated rings. The monoisotopic (exact) mass is 291 g/mol. The molecule has 6 heteroatoms. The third kappa shape index (κ3) is 5.24. The molecule has 0 heterocycles. The summed E-state index contributed by atoms with van der Waals surface area (Å²) in [6.45, 7) is 5.35. The fourth-order valence-electron chi connectivity index (χ4n) is 1.24. The van der Waals surface area contributed by atoms with Crippen molar-refractivity contribution < 1.29 is 17.7 Å². The van der Waals surface area contributed by atoms with E-state index in [0.717, 1.165) is 12.1 Å². The molecule has 1 atom stereocenters. The molecule has 0 aliphatic rings. The van der Waals surface area contributed by atoms with Gasteiger partial charge in [0, 0.05) is 6.42 Å². The lowest BCUT2D eigenvalue weighted by Gasteiger charge is -2.17. The molecule has 1 aromatic carbocycles. The predicted molar refractivity (Wildman–Crippen MR) is 71.5 cm³/mol. The van der Waals surface area contributed by atoms with Crippen LogP contribution in [0.1, 0.15) is 31.9 Å². The van der Waals surface area contributed by atoms with Crippen LogP contribution in [-0.4, -0.2) is 15.5 Å². The first-order chi connectivity index (χ1) is 8.60. The number of benzene rings is 1. The third-order valence-corrected chi connectivity index (χ3v) is 3.66. The van der Waals surface area contributed by atoms with Gasteiger partial charge in [-0.2, -0.15) is 13.2 Å². The topological polar surface area (TPSA) is 35.4 Å². The Kier molecular flexibility index (Phi) is 5.04. The van der Waals surface area contributed by atoms with E-state index in [0.29, 0.717) is 5.56 Å². The number of hydrogen-bond donors (Lipinski definition) is 0. The molecule has 0 saturated carbocycles. The van der Waals surface area contributed by atoms with Gasteiger partial charge in [0.1, 0.15) is 16.1 Å². The molecule has 0 saturated heterocycles. The van der Waals surface area contributed by atoms with Crippen LogP contribution < -0.4 is 0 Å². The maximum absolute atomic E-state index is 12.5. The first kappa shape index (κ1) is 16.0. The lowest BCUT2D eigenvalue weighted by Crippen LogP contribution is -2.25. The van der Waals surface area contributed by atoms with E-state index >= 15 is 0 Å². The molecule has 1 aromatic rings. The summed E-state index contributed by atoms with van der Waals surface area (Å²) < 4.78 is 52.5. The Morgan fingerprint density at radius 2 is 1.89 bits per heavy atom. The fraction of sp³-hybridized carbons (Fsp3) is 0.462. The lowest BCUT2D eigenvalue weighted by atomic mass is 10.1. The normalized spacial score (nSPS) is 14.9. The van der Waals surface area contributed by atoms with Crippen LogP contribution in [0.4, 0.5) is 13.2 Å². The molecular weight excluding hydrogens is 275 g/mol. The van der Waals surface area contributed by atoms with Crippen molar-refractivity contribution in [1.82, 2.24) is 0 Å². The van der Waals surface area contributed by atoms with Gasteiger partial charge >= 0.3 is 6.18 Å². The van der Waals surface area contributed by atoms with E-state index in [1.54, 1.807) is 26.8 Å². The van der Waals surface area contributed by atoms with Crippen LogP contribution in [0.25, 0.3) is 0 Å². The summed E-state index contributed by atoms with van der Waals surface area (Å²) in [5, 5.41) is 0. The van der Waals surface area contributed by atoms with Crippen LogP contribution >= 0.6 is 0 Å². The van der Waals surface area contributed by atoms with Crippen molar-refractivity contribution in [3.8, 4) is 0 Å². The van der Waals surface area contributed by atoms with Crippen molar-refractivity contribution in [3.05, 3.63) is 35.4 Å². The van der Waals surface area contributed by atoms with E-state index in [9.17, 15) is 17.7 Å². The Morgan fingerprint density at radius 1 is 1.26 bits per heavy atom. The fourth-order valence-corrected chi connectivity index (χ4v) is 1.77. The van der Waals surface area contributed by atoms with E-state index in [4.69, 9.17) is 0 Å². The van der Waals surface area contributed by atoms with Gasteiger partial charge in [-0.25, -0.2) is 0 Å². The summed E-state index contributed by atoms with van der Waals surface area (Å²) >= 11 is -1.39.